The van der Waals surface area contributed by atoms with Crippen LogP contribution in [0.1, 0.15) is 10.5 Å². The van der Waals surface area contributed by atoms with Gasteiger partial charge in [0.15, 0.2) is 5.82 Å². The van der Waals surface area contributed by atoms with E-state index in [1.165, 1.54) is 24.3 Å². The predicted molar refractivity (Wildman–Crippen MR) is 93.1 cm³/mol. The van der Waals surface area contributed by atoms with Gasteiger partial charge in [-0.1, -0.05) is 48.5 Å². The molecule has 126 valence electrons. The lowest BCUT2D eigenvalue weighted by atomic mass is 10.1. The van der Waals surface area contributed by atoms with Crippen LogP contribution < -0.4 is 10.3 Å². The van der Waals surface area contributed by atoms with E-state index in [-0.39, 0.29) is 10.6 Å². The van der Waals surface area contributed by atoms with Crippen molar-refractivity contribution in [2.24, 2.45) is 0 Å². The predicted octanol–water partition coefficient (Wildman–Crippen LogP) is 2.84. The number of hydrogen-bond donors (Lipinski definition) is 2. The van der Waals surface area contributed by atoms with Crippen molar-refractivity contribution in [3.05, 3.63) is 84.3 Å². The first-order valence-corrected chi connectivity index (χ1v) is 8.55. The van der Waals surface area contributed by atoms with E-state index in [1.807, 2.05) is 30.3 Å². The summed E-state index contributed by atoms with van der Waals surface area (Å²) in [5, 5.41) is 0. The van der Waals surface area contributed by atoms with Crippen LogP contribution in [0.15, 0.2) is 77.7 Å². The van der Waals surface area contributed by atoms with E-state index in [9.17, 15) is 13.7 Å². The van der Waals surface area contributed by atoms with Crippen molar-refractivity contribution < 1.29 is 13.7 Å². The highest BCUT2D eigenvalue weighted by molar-refractivity contribution is 7.89. The van der Waals surface area contributed by atoms with Gasteiger partial charge < -0.3 is 4.55 Å². The Morgan fingerprint density at radius 2 is 1.68 bits per heavy atom. The molecule has 1 amide bonds. The van der Waals surface area contributed by atoms with E-state index in [0.717, 1.165) is 5.56 Å². The minimum atomic E-state index is -1.92. The fourth-order valence-corrected chi connectivity index (χ4v) is 2.88. The number of rotatable bonds is 5. The van der Waals surface area contributed by atoms with E-state index < -0.39 is 23.1 Å². The highest BCUT2D eigenvalue weighted by atomic mass is 32.2. The molecule has 0 spiro atoms. The maximum absolute atomic E-state index is 13.6. The third kappa shape index (κ3) is 4.21. The van der Waals surface area contributed by atoms with Crippen LogP contribution in [0.25, 0.3) is 11.3 Å². The first-order chi connectivity index (χ1) is 12.1. The fourth-order valence-electron chi connectivity index (χ4n) is 2.14. The molecule has 0 fully saturated rings. The summed E-state index contributed by atoms with van der Waals surface area (Å²) in [4.78, 5) is 18.7. The van der Waals surface area contributed by atoms with Gasteiger partial charge in [0.25, 0.3) is 5.91 Å². The largest absolute Gasteiger partial charge is 0.591 e. The summed E-state index contributed by atoms with van der Waals surface area (Å²) in [5.74, 6) is -1.19. The Morgan fingerprint density at radius 1 is 0.960 bits per heavy atom. The van der Waals surface area contributed by atoms with Crippen LogP contribution in [0.3, 0.4) is 0 Å². The molecule has 2 aromatic carbocycles. The molecule has 3 rings (SSSR count). The molecule has 2 N–H and O–H groups in total. The van der Waals surface area contributed by atoms with Gasteiger partial charge in [-0.2, -0.15) is 0 Å². The summed E-state index contributed by atoms with van der Waals surface area (Å²) in [6.07, 6.45) is 0. The number of amides is 1. The Balaban J connectivity index is 1.69. The summed E-state index contributed by atoms with van der Waals surface area (Å²) < 4.78 is 25.6. The lowest BCUT2D eigenvalue weighted by Gasteiger charge is -2.11. The van der Waals surface area contributed by atoms with Gasteiger partial charge in [-0.3, -0.25) is 4.79 Å². The zero-order valence-electron chi connectivity index (χ0n) is 13.0. The highest BCUT2D eigenvalue weighted by Crippen LogP contribution is 2.16. The zero-order valence-corrected chi connectivity index (χ0v) is 13.8. The fraction of sp³-hybridized carbons (Fsp3) is 0. The molecule has 0 aliphatic rings. The number of nitrogens with zero attached hydrogens (tertiary/aromatic N) is 1. The van der Waals surface area contributed by atoms with Gasteiger partial charge >= 0.3 is 0 Å². The summed E-state index contributed by atoms with van der Waals surface area (Å²) in [6, 6.07) is 20.1. The second-order valence-electron chi connectivity index (χ2n) is 5.03. The summed E-state index contributed by atoms with van der Waals surface area (Å²) in [6.45, 7) is 0. The van der Waals surface area contributed by atoms with Crippen LogP contribution in [0.4, 0.5) is 4.39 Å². The maximum atomic E-state index is 13.6. The molecule has 1 heterocycles. The number of hydrogen-bond acceptors (Lipinski definition) is 4. The topological polar surface area (TPSA) is 77.1 Å². The van der Waals surface area contributed by atoms with Crippen LogP contribution in [-0.2, 0) is 11.4 Å². The molecular formula is C18H14FN3O2S. The molecule has 5 nitrogen and oxygen atoms in total. The molecule has 1 aromatic heterocycles. The molecule has 0 bridgehead atoms. The monoisotopic (exact) mass is 355 g/mol. The van der Waals surface area contributed by atoms with Crippen LogP contribution in [0.5, 0.6) is 0 Å². The summed E-state index contributed by atoms with van der Waals surface area (Å²) in [7, 11) is 0. The smallest absolute Gasteiger partial charge is 0.287 e. The molecule has 0 aliphatic heterocycles. The van der Waals surface area contributed by atoms with Gasteiger partial charge in [-0.15, -0.1) is 0 Å². The molecule has 7 heteroatoms. The number of nitrogens with one attached hydrogen (secondary N) is 2. The number of hydrazine groups is 1. The first kappa shape index (κ1) is 17.1. The van der Waals surface area contributed by atoms with Crippen molar-refractivity contribution in [1.29, 1.82) is 0 Å². The molecule has 0 saturated carbocycles. The second-order valence-corrected chi connectivity index (χ2v) is 6.21. The minimum Gasteiger partial charge on any atom is -0.591 e. The molecule has 1 unspecified atom stereocenters. The Hall–Kier alpha value is -2.74. The maximum Gasteiger partial charge on any atom is 0.287 e. The number of halogens is 1. The normalized spacial score (nSPS) is 11.8. The summed E-state index contributed by atoms with van der Waals surface area (Å²) in [5.41, 5.74) is 3.95. The Morgan fingerprint density at radius 3 is 2.44 bits per heavy atom. The van der Waals surface area contributed by atoms with E-state index in [2.05, 4.69) is 15.2 Å². The molecule has 0 saturated heterocycles. The number of carbonyl (C=O) groups is 1. The van der Waals surface area contributed by atoms with Gasteiger partial charge in [0.1, 0.15) is 17.1 Å². The number of carbonyl (C=O) groups excluding carboxylic acids is 1. The van der Waals surface area contributed by atoms with Crippen LogP contribution in [0.2, 0.25) is 0 Å². The quantitative estimate of drug-likeness (QED) is 0.545. The van der Waals surface area contributed by atoms with Crippen molar-refractivity contribution in [2.75, 3.05) is 0 Å². The van der Waals surface area contributed by atoms with Gasteiger partial charge in [-0.25, -0.2) is 14.8 Å². The average Bonchev–Trinajstić information content (AvgIpc) is 2.67. The zero-order chi connectivity index (χ0) is 17.6. The SMILES string of the molecule is O=C(NN[S+]([O-])c1ccccc1F)c1cccc(-c2ccccc2)n1. The van der Waals surface area contributed by atoms with Crippen molar-refractivity contribution in [3.63, 3.8) is 0 Å². The first-order valence-electron chi connectivity index (χ1n) is 7.40. The lowest BCUT2D eigenvalue weighted by molar-refractivity contribution is 0.0940. The van der Waals surface area contributed by atoms with Gasteiger partial charge in [0.2, 0.25) is 4.90 Å². The van der Waals surface area contributed by atoms with E-state index in [1.54, 1.807) is 18.2 Å². The van der Waals surface area contributed by atoms with Crippen molar-refractivity contribution in [3.8, 4) is 11.3 Å². The molecule has 25 heavy (non-hydrogen) atoms. The van der Waals surface area contributed by atoms with Gasteiger partial charge in [-0.05, 0) is 29.1 Å². The molecule has 0 radical (unpaired) electrons. The number of benzene rings is 2. The Kier molecular flexibility index (Phi) is 5.39. The Labute approximate surface area is 147 Å². The Bertz CT molecular complexity index is 877. The van der Waals surface area contributed by atoms with Gasteiger partial charge in [0.05, 0.1) is 5.69 Å². The number of aromatic nitrogens is 1. The van der Waals surface area contributed by atoms with Crippen LogP contribution >= 0.6 is 0 Å². The summed E-state index contributed by atoms with van der Waals surface area (Å²) >= 11 is -1.92. The molecule has 0 aliphatic carbocycles. The average molecular weight is 355 g/mol. The highest BCUT2D eigenvalue weighted by Gasteiger charge is 2.18. The molecular weight excluding hydrogens is 341 g/mol. The van der Waals surface area contributed by atoms with Gasteiger partial charge in [0, 0.05) is 5.56 Å². The third-order valence-electron chi connectivity index (χ3n) is 3.34. The van der Waals surface area contributed by atoms with Crippen LogP contribution in [-0.4, -0.2) is 15.4 Å². The molecule has 1 atom stereocenters. The van der Waals surface area contributed by atoms with Crippen LogP contribution in [0, 0.1) is 5.82 Å². The third-order valence-corrected chi connectivity index (χ3v) is 4.36. The van der Waals surface area contributed by atoms with E-state index >= 15 is 0 Å². The number of pyridine rings is 1. The van der Waals surface area contributed by atoms with E-state index in [0.29, 0.717) is 5.69 Å². The molecule has 3 aromatic rings. The van der Waals surface area contributed by atoms with Crippen molar-refractivity contribution >= 4 is 17.3 Å². The van der Waals surface area contributed by atoms with Crippen molar-refractivity contribution in [1.82, 2.24) is 15.2 Å². The minimum absolute atomic E-state index is 0.0474. The standard InChI is InChI=1S/C18H14FN3O2S/c19-14-9-4-5-12-17(14)25(24)22-21-18(23)16-11-6-10-15(20-16)13-7-2-1-3-8-13/h1-12,22H,(H,21,23). The second kappa shape index (κ2) is 7.89. The van der Waals surface area contributed by atoms with E-state index in [4.69, 9.17) is 0 Å². The lowest BCUT2D eigenvalue weighted by Crippen LogP contribution is -2.42. The van der Waals surface area contributed by atoms with Crippen molar-refractivity contribution in [2.45, 2.75) is 4.90 Å².